The van der Waals surface area contributed by atoms with Gasteiger partial charge in [0, 0.05) is 6.10 Å². The van der Waals surface area contributed by atoms with Gasteiger partial charge in [0.25, 0.3) is 0 Å². The maximum absolute atomic E-state index is 12.6. The predicted octanol–water partition coefficient (Wildman–Crippen LogP) is 9.50. The first-order valence-electron chi connectivity index (χ1n) is 16.6. The van der Waals surface area contributed by atoms with Crippen LogP contribution in [0.25, 0.3) is 0 Å². The molecule has 0 N–H and O–H groups in total. The topological polar surface area (TPSA) is 44.8 Å². The molecule has 1 rings (SSSR count). The van der Waals surface area contributed by atoms with E-state index in [0.717, 1.165) is 19.3 Å². The van der Waals surface area contributed by atoms with Crippen molar-refractivity contribution in [1.82, 2.24) is 0 Å². The van der Waals surface area contributed by atoms with E-state index in [1.165, 1.54) is 28.2 Å². The number of ether oxygens (including phenoxy) is 1. The SMILES string of the molecule is CCOC(=O)C(CCC/C=C/C=C\[C@H](C)[C@@H](O[Si](C)(C)C)/C(C)=C/[C@H](C)[C@@H](C)O[Si](CC)(CC)CC)[Se]c1ccccc1. The maximum atomic E-state index is 12.6. The average Bonchev–Trinajstić information content (AvgIpc) is 2.97. The van der Waals surface area contributed by atoms with Gasteiger partial charge in [-0.25, -0.2) is 0 Å². The van der Waals surface area contributed by atoms with Crippen LogP contribution in [0.3, 0.4) is 0 Å². The summed E-state index contributed by atoms with van der Waals surface area (Å²) in [5.74, 6) is 0.536. The van der Waals surface area contributed by atoms with Crippen molar-refractivity contribution in [2.75, 3.05) is 6.61 Å². The molecule has 1 aromatic carbocycles. The van der Waals surface area contributed by atoms with Gasteiger partial charge in [-0.15, -0.1) is 0 Å². The van der Waals surface area contributed by atoms with E-state index < -0.39 is 16.6 Å². The second kappa shape index (κ2) is 20.7. The molecule has 4 nitrogen and oxygen atoms in total. The molecule has 0 aliphatic carbocycles. The zero-order valence-corrected chi connectivity index (χ0v) is 32.9. The van der Waals surface area contributed by atoms with E-state index in [0.29, 0.717) is 12.5 Å². The number of hydrogen-bond acceptors (Lipinski definition) is 4. The van der Waals surface area contributed by atoms with Crippen LogP contribution in [0.15, 0.2) is 66.3 Å². The third kappa shape index (κ3) is 15.6. The van der Waals surface area contributed by atoms with Gasteiger partial charge in [-0.1, -0.05) is 27.7 Å². The molecule has 0 amide bonds. The van der Waals surface area contributed by atoms with E-state index >= 15 is 0 Å². The molecule has 0 saturated carbocycles. The van der Waals surface area contributed by atoms with Crippen LogP contribution in [0.2, 0.25) is 42.6 Å². The Morgan fingerprint density at radius 2 is 1.53 bits per heavy atom. The van der Waals surface area contributed by atoms with Crippen LogP contribution >= 0.6 is 0 Å². The predicted molar refractivity (Wildman–Crippen MR) is 192 cm³/mol. The molecule has 0 bridgehead atoms. The summed E-state index contributed by atoms with van der Waals surface area (Å²) >= 11 is 0.0812. The summed E-state index contributed by atoms with van der Waals surface area (Å²) in [5.41, 5.74) is 1.30. The summed E-state index contributed by atoms with van der Waals surface area (Å²) in [6.45, 7) is 25.0. The Kier molecular flexibility index (Phi) is 19.2. The van der Waals surface area contributed by atoms with Crippen LogP contribution in [0, 0.1) is 11.8 Å². The summed E-state index contributed by atoms with van der Waals surface area (Å²) in [6.07, 6.45) is 14.2. The molecular formula is C36H62O4SeSi2. The molecule has 0 aliphatic heterocycles. The first-order valence-corrected chi connectivity index (χ1v) is 24.3. The molecule has 0 fully saturated rings. The Morgan fingerprint density at radius 1 is 0.907 bits per heavy atom. The second-order valence-electron chi connectivity index (χ2n) is 12.8. The van der Waals surface area contributed by atoms with Crippen LogP contribution < -0.4 is 4.46 Å². The van der Waals surface area contributed by atoms with Gasteiger partial charge in [-0.2, -0.15) is 0 Å². The van der Waals surface area contributed by atoms with Crippen LogP contribution in [-0.2, 0) is 18.4 Å². The van der Waals surface area contributed by atoms with Crippen molar-refractivity contribution in [3.8, 4) is 0 Å². The minimum atomic E-state index is -1.75. The first kappa shape index (κ1) is 39.8. The van der Waals surface area contributed by atoms with Gasteiger partial charge >= 0.3 is 177 Å². The number of carbonyl (C=O) groups is 1. The molecule has 0 spiro atoms. The second-order valence-corrected chi connectivity index (χ2v) is 24.6. The van der Waals surface area contributed by atoms with Crippen molar-refractivity contribution in [3.05, 3.63) is 66.3 Å². The van der Waals surface area contributed by atoms with Crippen molar-refractivity contribution in [1.29, 1.82) is 0 Å². The third-order valence-corrected chi connectivity index (χ3v) is 16.4. The Bertz CT molecular complexity index is 990. The van der Waals surface area contributed by atoms with Crippen molar-refractivity contribution in [2.24, 2.45) is 11.8 Å². The Balaban J connectivity index is 2.82. The van der Waals surface area contributed by atoms with E-state index in [1.54, 1.807) is 0 Å². The summed E-state index contributed by atoms with van der Waals surface area (Å²) < 4.78 is 20.1. The number of carbonyl (C=O) groups excluding carboxylic acids is 1. The van der Waals surface area contributed by atoms with Crippen LogP contribution in [-0.4, -0.2) is 56.4 Å². The van der Waals surface area contributed by atoms with E-state index in [4.69, 9.17) is 13.6 Å². The normalized spacial score (nSPS) is 16.8. The molecule has 1 aromatic rings. The summed E-state index contributed by atoms with van der Waals surface area (Å²) in [6, 6.07) is 13.9. The molecule has 0 aliphatic rings. The third-order valence-electron chi connectivity index (χ3n) is 8.11. The van der Waals surface area contributed by atoms with Crippen molar-refractivity contribution < 1.29 is 18.4 Å². The molecular weight excluding hydrogens is 632 g/mol. The quantitative estimate of drug-likeness (QED) is 0.0423. The van der Waals surface area contributed by atoms with Crippen molar-refractivity contribution in [3.63, 3.8) is 0 Å². The molecule has 244 valence electrons. The van der Waals surface area contributed by atoms with Gasteiger partial charge < -0.3 is 4.43 Å². The van der Waals surface area contributed by atoms with Crippen molar-refractivity contribution >= 4 is 42.0 Å². The minimum absolute atomic E-state index is 0.0340. The number of esters is 1. The van der Waals surface area contributed by atoms with Crippen molar-refractivity contribution in [2.45, 2.75) is 129 Å². The van der Waals surface area contributed by atoms with Crippen LogP contribution in [0.4, 0.5) is 0 Å². The summed E-state index contributed by atoms with van der Waals surface area (Å²) in [4.78, 5) is 12.5. The molecule has 0 heterocycles. The average molecular weight is 694 g/mol. The molecule has 1 unspecified atom stereocenters. The fourth-order valence-electron chi connectivity index (χ4n) is 5.20. The zero-order valence-electron chi connectivity index (χ0n) is 29.2. The Hall–Kier alpha value is -1.22. The van der Waals surface area contributed by atoms with Gasteiger partial charge in [0.1, 0.15) is 0 Å². The van der Waals surface area contributed by atoms with Gasteiger partial charge in [-0.05, 0) is 50.6 Å². The molecule has 43 heavy (non-hydrogen) atoms. The van der Waals surface area contributed by atoms with E-state index in [9.17, 15) is 4.79 Å². The van der Waals surface area contributed by atoms with Gasteiger partial charge in [0.05, 0.1) is 0 Å². The van der Waals surface area contributed by atoms with Crippen LogP contribution in [0.5, 0.6) is 0 Å². The zero-order chi connectivity index (χ0) is 32.5. The standard InChI is InChI=1S/C36H62O4SeSi2/c1-12-38-36(37)34(41-33-25-21-19-22-26-33)27-23-18-16-17-20-24-29(5)35(40-42(9,10)11)31(7)28-30(6)32(8)39-43(13-2,14-3)15-4/h16-17,19-22,24-26,28-30,32,34-35H,12-15,18,23,27H2,1-11H3/b17-16+,24-20-,31-28+/t29-,30-,32+,34?,35+/m0/s1. The molecule has 0 aromatic heterocycles. The molecule has 5 atom stereocenters. The number of rotatable bonds is 21. The molecule has 7 heteroatoms. The number of allylic oxidation sites excluding steroid dienone is 3. The molecule has 0 saturated heterocycles. The first-order chi connectivity index (χ1) is 20.3. The fraction of sp³-hybridized carbons (Fsp3) is 0.639. The van der Waals surface area contributed by atoms with Gasteiger partial charge in [-0.3, -0.25) is 0 Å². The summed E-state index contributed by atoms with van der Waals surface area (Å²) in [5, 5.41) is 0. The monoisotopic (exact) mass is 694 g/mol. The van der Waals surface area contributed by atoms with E-state index in [2.05, 4.69) is 111 Å². The fourth-order valence-corrected chi connectivity index (χ4v) is 11.7. The van der Waals surface area contributed by atoms with Gasteiger partial charge in [0.15, 0.2) is 8.32 Å². The number of hydrogen-bond donors (Lipinski definition) is 0. The Morgan fingerprint density at radius 3 is 2.09 bits per heavy atom. The number of benzene rings is 1. The van der Waals surface area contributed by atoms with E-state index in [-0.39, 0.29) is 43.9 Å². The summed E-state index contributed by atoms with van der Waals surface area (Å²) in [7, 11) is -3.39. The number of unbranched alkanes of at least 4 members (excludes halogenated alkanes) is 1. The Labute approximate surface area is 273 Å². The van der Waals surface area contributed by atoms with Gasteiger partial charge in [0.2, 0.25) is 0 Å². The molecule has 0 radical (unpaired) electrons. The van der Waals surface area contributed by atoms with E-state index in [1.807, 2.05) is 25.1 Å². The van der Waals surface area contributed by atoms with Crippen LogP contribution in [0.1, 0.15) is 74.7 Å².